The van der Waals surface area contributed by atoms with Gasteiger partial charge in [-0.1, -0.05) is 48.3 Å². The highest BCUT2D eigenvalue weighted by molar-refractivity contribution is 9.10. The minimum absolute atomic E-state index is 0.130. The van der Waals surface area contributed by atoms with Gasteiger partial charge in [-0.2, -0.15) is 0 Å². The molecule has 1 N–H and O–H groups in total. The van der Waals surface area contributed by atoms with Crippen LogP contribution in [0, 0.1) is 0 Å². The number of nitrogens with one attached hydrogen (secondary N) is 1. The van der Waals surface area contributed by atoms with E-state index in [1.165, 1.54) is 5.56 Å². The zero-order valence-electron chi connectivity index (χ0n) is 12.3. The van der Waals surface area contributed by atoms with E-state index < -0.39 is 0 Å². The first-order valence-corrected chi connectivity index (χ1v) is 8.08. The summed E-state index contributed by atoms with van der Waals surface area (Å²) in [5.74, 6) is 0. The van der Waals surface area contributed by atoms with Crippen molar-refractivity contribution in [2.75, 3.05) is 13.1 Å². The summed E-state index contributed by atoms with van der Waals surface area (Å²) < 4.78 is 7.30. The summed E-state index contributed by atoms with van der Waals surface area (Å²) in [6.45, 7) is 8.45. The Morgan fingerprint density at radius 2 is 2.05 bits per heavy atom. The van der Waals surface area contributed by atoms with Crippen LogP contribution in [0.5, 0.6) is 0 Å². The summed E-state index contributed by atoms with van der Waals surface area (Å²) in [7, 11) is 0. The molecule has 3 heteroatoms. The van der Waals surface area contributed by atoms with Gasteiger partial charge in [0.05, 0.1) is 12.2 Å². The van der Waals surface area contributed by atoms with E-state index in [9.17, 15) is 0 Å². The van der Waals surface area contributed by atoms with Crippen molar-refractivity contribution in [3.8, 4) is 0 Å². The number of halogens is 1. The molecule has 0 aromatic heterocycles. The molecule has 0 amide bonds. The maximum Gasteiger partial charge on any atom is 0.0953 e. The molecule has 0 saturated carbocycles. The summed E-state index contributed by atoms with van der Waals surface area (Å²) >= 11 is 3.53. The summed E-state index contributed by atoms with van der Waals surface area (Å²) in [5.41, 5.74) is 1.24. The Morgan fingerprint density at radius 3 is 2.68 bits per heavy atom. The molecule has 0 aliphatic carbocycles. The Labute approximate surface area is 126 Å². The Balaban J connectivity index is 2.67. The fourth-order valence-electron chi connectivity index (χ4n) is 2.12. The lowest BCUT2D eigenvalue weighted by Gasteiger charge is -2.23. The molecule has 2 atom stereocenters. The summed E-state index contributed by atoms with van der Waals surface area (Å²) in [6.07, 6.45) is 3.85. The van der Waals surface area contributed by atoms with Gasteiger partial charge in [0.25, 0.3) is 0 Å². The van der Waals surface area contributed by atoms with E-state index in [0.717, 1.165) is 36.8 Å². The predicted octanol–water partition coefficient (Wildman–Crippen LogP) is 4.70. The monoisotopic (exact) mass is 327 g/mol. The van der Waals surface area contributed by atoms with Crippen molar-refractivity contribution in [1.29, 1.82) is 0 Å². The van der Waals surface area contributed by atoms with Gasteiger partial charge in [0.2, 0.25) is 0 Å². The van der Waals surface area contributed by atoms with Crippen LogP contribution in [0.4, 0.5) is 0 Å². The molecule has 0 radical (unpaired) electrons. The van der Waals surface area contributed by atoms with Crippen LogP contribution in [0.2, 0.25) is 0 Å². The van der Waals surface area contributed by atoms with Crippen LogP contribution < -0.4 is 5.32 Å². The van der Waals surface area contributed by atoms with Gasteiger partial charge in [0, 0.05) is 11.0 Å². The Bertz CT molecular complexity index is 356. The number of ether oxygens (including phenoxy) is 1. The van der Waals surface area contributed by atoms with Crippen LogP contribution >= 0.6 is 15.9 Å². The van der Waals surface area contributed by atoms with Gasteiger partial charge in [-0.25, -0.2) is 0 Å². The van der Waals surface area contributed by atoms with Crippen molar-refractivity contribution in [1.82, 2.24) is 5.32 Å². The second-order valence-corrected chi connectivity index (χ2v) is 5.90. The highest BCUT2D eigenvalue weighted by Crippen LogP contribution is 2.23. The third-order valence-corrected chi connectivity index (χ3v) is 3.56. The topological polar surface area (TPSA) is 21.3 Å². The molecule has 0 aliphatic rings. The minimum Gasteiger partial charge on any atom is -0.369 e. The van der Waals surface area contributed by atoms with Crippen LogP contribution in [0.25, 0.3) is 0 Å². The van der Waals surface area contributed by atoms with Crippen LogP contribution in [-0.2, 0) is 4.74 Å². The van der Waals surface area contributed by atoms with Crippen molar-refractivity contribution < 1.29 is 4.74 Å². The molecule has 1 aromatic rings. The van der Waals surface area contributed by atoms with Crippen LogP contribution in [0.3, 0.4) is 0 Å². The van der Waals surface area contributed by atoms with E-state index in [1.807, 2.05) is 0 Å². The van der Waals surface area contributed by atoms with Gasteiger partial charge in [0.15, 0.2) is 0 Å². The Kier molecular flexibility index (Phi) is 8.35. The molecule has 108 valence electrons. The molecule has 0 heterocycles. The Morgan fingerprint density at radius 1 is 1.26 bits per heavy atom. The highest BCUT2D eigenvalue weighted by atomic mass is 79.9. The van der Waals surface area contributed by atoms with Crippen LogP contribution in [0.15, 0.2) is 28.7 Å². The zero-order chi connectivity index (χ0) is 14.1. The minimum atomic E-state index is 0.130. The molecule has 0 fully saturated rings. The summed E-state index contributed by atoms with van der Waals surface area (Å²) in [4.78, 5) is 0. The second-order valence-electron chi connectivity index (χ2n) is 4.98. The predicted molar refractivity (Wildman–Crippen MR) is 85.5 cm³/mol. The van der Waals surface area contributed by atoms with E-state index in [2.05, 4.69) is 66.3 Å². The molecular formula is C16H26BrNO. The lowest BCUT2D eigenvalue weighted by molar-refractivity contribution is -0.00714. The van der Waals surface area contributed by atoms with Gasteiger partial charge in [-0.05, 0) is 44.0 Å². The summed E-state index contributed by atoms with van der Waals surface area (Å²) in [6, 6.07) is 8.41. The van der Waals surface area contributed by atoms with E-state index in [0.29, 0.717) is 6.10 Å². The second kappa shape index (κ2) is 9.51. The maximum absolute atomic E-state index is 6.20. The molecule has 2 unspecified atom stereocenters. The standard InChI is InChI=1S/C16H26BrNO/c1-4-7-13(3)19-16(12-18-10-5-2)14-8-6-9-15(17)11-14/h6,8-9,11,13,16,18H,4-5,7,10,12H2,1-3H3. The molecule has 0 bridgehead atoms. The fraction of sp³-hybridized carbons (Fsp3) is 0.625. The van der Waals surface area contributed by atoms with Gasteiger partial charge in [-0.3, -0.25) is 0 Å². The van der Waals surface area contributed by atoms with E-state index in [4.69, 9.17) is 4.74 Å². The smallest absolute Gasteiger partial charge is 0.0953 e. The molecular weight excluding hydrogens is 302 g/mol. The average molecular weight is 328 g/mol. The molecule has 0 aliphatic heterocycles. The third-order valence-electron chi connectivity index (χ3n) is 3.07. The molecule has 1 rings (SSSR count). The van der Waals surface area contributed by atoms with Crippen molar-refractivity contribution >= 4 is 15.9 Å². The quantitative estimate of drug-likeness (QED) is 0.664. The average Bonchev–Trinajstić information content (AvgIpc) is 2.38. The normalized spacial score (nSPS) is 14.3. The van der Waals surface area contributed by atoms with Crippen molar-refractivity contribution in [3.05, 3.63) is 34.3 Å². The Hall–Kier alpha value is -0.380. The molecule has 0 saturated heterocycles. The molecule has 1 aromatic carbocycles. The largest absolute Gasteiger partial charge is 0.369 e. The number of hydrogen-bond acceptors (Lipinski definition) is 2. The van der Waals surface area contributed by atoms with E-state index >= 15 is 0 Å². The van der Waals surface area contributed by atoms with Gasteiger partial charge < -0.3 is 10.1 Å². The van der Waals surface area contributed by atoms with Gasteiger partial charge in [0.1, 0.15) is 0 Å². The van der Waals surface area contributed by atoms with E-state index in [-0.39, 0.29) is 6.10 Å². The van der Waals surface area contributed by atoms with E-state index in [1.54, 1.807) is 0 Å². The van der Waals surface area contributed by atoms with Crippen LogP contribution in [0.1, 0.15) is 51.7 Å². The lowest BCUT2D eigenvalue weighted by Crippen LogP contribution is -2.26. The number of benzene rings is 1. The van der Waals surface area contributed by atoms with Gasteiger partial charge >= 0.3 is 0 Å². The number of hydrogen-bond donors (Lipinski definition) is 1. The third kappa shape index (κ3) is 6.55. The molecule has 0 spiro atoms. The molecule has 2 nitrogen and oxygen atoms in total. The first-order valence-electron chi connectivity index (χ1n) is 7.29. The number of rotatable bonds is 9. The maximum atomic E-state index is 6.20. The fourth-order valence-corrected chi connectivity index (χ4v) is 2.53. The van der Waals surface area contributed by atoms with Crippen molar-refractivity contribution in [2.24, 2.45) is 0 Å². The lowest BCUT2D eigenvalue weighted by atomic mass is 10.1. The van der Waals surface area contributed by atoms with Crippen LogP contribution in [-0.4, -0.2) is 19.2 Å². The first-order chi connectivity index (χ1) is 9.17. The van der Waals surface area contributed by atoms with Gasteiger partial charge in [-0.15, -0.1) is 0 Å². The highest BCUT2D eigenvalue weighted by Gasteiger charge is 2.15. The van der Waals surface area contributed by atoms with Crippen molar-refractivity contribution in [2.45, 2.75) is 52.2 Å². The molecule has 19 heavy (non-hydrogen) atoms. The van der Waals surface area contributed by atoms with Crippen molar-refractivity contribution in [3.63, 3.8) is 0 Å². The zero-order valence-corrected chi connectivity index (χ0v) is 13.9. The summed E-state index contributed by atoms with van der Waals surface area (Å²) in [5, 5.41) is 3.46. The first kappa shape index (κ1) is 16.7. The SMILES string of the molecule is CCCNCC(OC(C)CCC)c1cccc(Br)c1.